The molecule has 0 heterocycles. The number of nitrogens with one attached hydrogen (secondary N) is 1. The van der Waals surface area contributed by atoms with Crippen molar-refractivity contribution in [3.8, 4) is 5.75 Å². The molecule has 112 valence electrons. The zero-order chi connectivity index (χ0) is 14.8. The highest BCUT2D eigenvalue weighted by Crippen LogP contribution is 2.28. The third kappa shape index (κ3) is 6.26. The fraction of sp³-hybridized carbons (Fsp3) is 0.533. The first kappa shape index (κ1) is 16.8. The monoisotopic (exact) mass is 298 g/mol. The molecule has 1 rings (SSSR count). The Bertz CT molecular complexity index is 424. The molecular weight excluding hydrogens is 276 g/mol. The zero-order valence-electron chi connectivity index (χ0n) is 12.0. The molecule has 0 saturated heterocycles. The van der Waals surface area contributed by atoms with Crippen molar-refractivity contribution in [3.63, 3.8) is 0 Å². The molecule has 0 bridgehead atoms. The first-order valence-corrected chi connectivity index (χ1v) is 7.47. The first-order valence-electron chi connectivity index (χ1n) is 7.09. The Morgan fingerprint density at radius 2 is 2.05 bits per heavy atom. The van der Waals surface area contributed by atoms with Crippen LogP contribution in [0, 0.1) is 0 Å². The summed E-state index contributed by atoms with van der Waals surface area (Å²) in [5.41, 5.74) is 6.10. The van der Waals surface area contributed by atoms with Crippen LogP contribution in [0.5, 0.6) is 5.75 Å². The molecule has 0 radical (unpaired) electrons. The lowest BCUT2D eigenvalue weighted by Gasteiger charge is -2.11. The number of hydrogen-bond acceptors (Lipinski definition) is 3. The summed E-state index contributed by atoms with van der Waals surface area (Å²) in [6.45, 7) is 3.14. The van der Waals surface area contributed by atoms with Gasteiger partial charge in [0.2, 0.25) is 5.91 Å². The van der Waals surface area contributed by atoms with Gasteiger partial charge in [-0.05, 0) is 38.4 Å². The van der Waals surface area contributed by atoms with Crippen LogP contribution in [0.25, 0.3) is 0 Å². The number of unbranched alkanes of at least 4 members (excludes halogenated alkanes) is 3. The third-order valence-electron chi connectivity index (χ3n) is 2.88. The molecule has 1 aromatic carbocycles. The number of amides is 1. The van der Waals surface area contributed by atoms with Crippen LogP contribution < -0.4 is 15.8 Å². The van der Waals surface area contributed by atoms with Gasteiger partial charge in [0.25, 0.3) is 0 Å². The van der Waals surface area contributed by atoms with Crippen molar-refractivity contribution in [2.24, 2.45) is 5.73 Å². The van der Waals surface area contributed by atoms with Crippen LogP contribution in [0.1, 0.15) is 39.0 Å². The summed E-state index contributed by atoms with van der Waals surface area (Å²) in [6.07, 6.45) is 4.52. The fourth-order valence-electron chi connectivity index (χ4n) is 1.87. The Morgan fingerprint density at radius 1 is 1.30 bits per heavy atom. The Balaban J connectivity index is 2.44. The number of benzene rings is 1. The molecule has 0 atom stereocenters. The van der Waals surface area contributed by atoms with Crippen molar-refractivity contribution in [2.45, 2.75) is 39.0 Å². The van der Waals surface area contributed by atoms with Crippen molar-refractivity contribution in [3.05, 3.63) is 23.2 Å². The van der Waals surface area contributed by atoms with E-state index >= 15 is 0 Å². The fourth-order valence-corrected chi connectivity index (χ4v) is 2.03. The topological polar surface area (TPSA) is 64.3 Å². The molecule has 0 aromatic heterocycles. The number of nitrogens with two attached hydrogens (primary N) is 1. The van der Waals surface area contributed by atoms with Gasteiger partial charge in [0.15, 0.2) is 0 Å². The van der Waals surface area contributed by atoms with Gasteiger partial charge in [-0.3, -0.25) is 4.79 Å². The van der Waals surface area contributed by atoms with Crippen molar-refractivity contribution in [2.75, 3.05) is 18.5 Å². The second kappa shape index (κ2) is 9.61. The number of carbonyl (C=O) groups excluding carboxylic acids is 1. The molecule has 0 unspecified atom stereocenters. The molecule has 4 nitrogen and oxygen atoms in total. The molecular formula is C15H23ClN2O2. The molecule has 20 heavy (non-hydrogen) atoms. The quantitative estimate of drug-likeness (QED) is 0.685. The van der Waals surface area contributed by atoms with Crippen LogP contribution in [-0.2, 0) is 4.79 Å². The Labute approximate surface area is 125 Å². The molecule has 1 amide bonds. The molecule has 0 aliphatic rings. The van der Waals surface area contributed by atoms with E-state index in [0.29, 0.717) is 36.0 Å². The van der Waals surface area contributed by atoms with E-state index in [1.54, 1.807) is 18.2 Å². The van der Waals surface area contributed by atoms with Gasteiger partial charge in [-0.2, -0.15) is 0 Å². The lowest BCUT2D eigenvalue weighted by atomic mass is 10.1. The third-order valence-corrected chi connectivity index (χ3v) is 3.11. The number of anilines is 1. The summed E-state index contributed by atoms with van der Waals surface area (Å²) in [7, 11) is 0. The normalized spacial score (nSPS) is 10.3. The predicted molar refractivity (Wildman–Crippen MR) is 83.4 cm³/mol. The molecule has 0 fully saturated rings. The predicted octanol–water partition coefficient (Wildman–Crippen LogP) is 3.59. The molecule has 1 aromatic rings. The molecule has 0 aliphatic heterocycles. The van der Waals surface area contributed by atoms with E-state index in [-0.39, 0.29) is 5.91 Å². The van der Waals surface area contributed by atoms with Crippen LogP contribution in [0.4, 0.5) is 5.69 Å². The van der Waals surface area contributed by atoms with Gasteiger partial charge in [0.1, 0.15) is 5.75 Å². The summed E-state index contributed by atoms with van der Waals surface area (Å²) in [5, 5.41) is 3.46. The molecule has 5 heteroatoms. The first-order chi connectivity index (χ1) is 9.67. The average Bonchev–Trinajstić information content (AvgIpc) is 2.42. The lowest BCUT2D eigenvalue weighted by molar-refractivity contribution is -0.116. The summed E-state index contributed by atoms with van der Waals surface area (Å²) in [6, 6.07) is 5.21. The van der Waals surface area contributed by atoms with Crippen LogP contribution >= 0.6 is 11.6 Å². The molecule has 0 spiro atoms. The van der Waals surface area contributed by atoms with Gasteiger partial charge >= 0.3 is 0 Å². The summed E-state index contributed by atoms with van der Waals surface area (Å²) in [5.74, 6) is 0.609. The smallest absolute Gasteiger partial charge is 0.224 e. The second-order valence-electron chi connectivity index (χ2n) is 4.57. The summed E-state index contributed by atoms with van der Waals surface area (Å²) < 4.78 is 5.46. The maximum absolute atomic E-state index is 11.9. The van der Waals surface area contributed by atoms with Crippen molar-refractivity contribution in [1.82, 2.24) is 0 Å². The lowest BCUT2D eigenvalue weighted by Crippen LogP contribution is -2.12. The Morgan fingerprint density at radius 3 is 2.75 bits per heavy atom. The minimum Gasteiger partial charge on any atom is -0.492 e. The van der Waals surface area contributed by atoms with E-state index in [2.05, 4.69) is 5.32 Å². The zero-order valence-corrected chi connectivity index (χ0v) is 12.7. The minimum absolute atomic E-state index is 0.000948. The molecule has 0 aliphatic carbocycles. The van der Waals surface area contributed by atoms with Crippen LogP contribution in [0.15, 0.2) is 18.2 Å². The highest BCUT2D eigenvalue weighted by Gasteiger charge is 2.08. The van der Waals surface area contributed by atoms with Gasteiger partial charge < -0.3 is 15.8 Å². The number of halogens is 1. The highest BCUT2D eigenvalue weighted by molar-refractivity contribution is 6.30. The second-order valence-corrected chi connectivity index (χ2v) is 5.01. The van der Waals surface area contributed by atoms with Gasteiger partial charge in [-0.1, -0.05) is 24.4 Å². The number of ether oxygens (including phenoxy) is 1. The Hall–Kier alpha value is -1.26. The highest BCUT2D eigenvalue weighted by atomic mass is 35.5. The van der Waals surface area contributed by atoms with Crippen molar-refractivity contribution in [1.29, 1.82) is 0 Å². The minimum atomic E-state index is 0.000948. The van der Waals surface area contributed by atoms with Crippen LogP contribution in [0.2, 0.25) is 5.02 Å². The maximum atomic E-state index is 11.9. The van der Waals surface area contributed by atoms with Crippen LogP contribution in [0.3, 0.4) is 0 Å². The van der Waals surface area contributed by atoms with E-state index in [9.17, 15) is 4.79 Å². The van der Waals surface area contributed by atoms with Gasteiger partial charge in [0, 0.05) is 17.5 Å². The number of carbonyl (C=O) groups is 1. The van der Waals surface area contributed by atoms with E-state index in [0.717, 1.165) is 25.7 Å². The van der Waals surface area contributed by atoms with E-state index in [4.69, 9.17) is 22.1 Å². The van der Waals surface area contributed by atoms with Crippen LogP contribution in [-0.4, -0.2) is 19.1 Å². The van der Waals surface area contributed by atoms with E-state index < -0.39 is 0 Å². The molecule has 3 N–H and O–H groups in total. The summed E-state index contributed by atoms with van der Waals surface area (Å²) in [4.78, 5) is 11.9. The van der Waals surface area contributed by atoms with Gasteiger partial charge in [-0.25, -0.2) is 0 Å². The largest absolute Gasteiger partial charge is 0.492 e. The maximum Gasteiger partial charge on any atom is 0.224 e. The van der Waals surface area contributed by atoms with E-state index in [1.165, 1.54) is 0 Å². The Kier molecular flexibility index (Phi) is 8.07. The van der Waals surface area contributed by atoms with Crippen molar-refractivity contribution >= 4 is 23.2 Å². The summed E-state index contributed by atoms with van der Waals surface area (Å²) >= 11 is 5.92. The average molecular weight is 299 g/mol. The molecule has 0 saturated carbocycles. The van der Waals surface area contributed by atoms with Gasteiger partial charge in [-0.15, -0.1) is 0 Å². The van der Waals surface area contributed by atoms with Crippen molar-refractivity contribution < 1.29 is 9.53 Å². The van der Waals surface area contributed by atoms with Gasteiger partial charge in [0.05, 0.1) is 12.3 Å². The number of rotatable bonds is 9. The van der Waals surface area contributed by atoms with E-state index in [1.807, 2.05) is 6.92 Å². The number of hydrogen-bond donors (Lipinski definition) is 2. The SMILES string of the molecule is CCOc1cc(Cl)ccc1NC(=O)CCCCCCN. The standard InChI is InChI=1S/C15H23ClN2O2/c1-2-20-14-11-12(16)8-9-13(14)18-15(19)7-5-3-4-6-10-17/h8-9,11H,2-7,10,17H2,1H3,(H,18,19).